The van der Waals surface area contributed by atoms with Crippen LogP contribution in [0.2, 0.25) is 0 Å². The molecule has 0 aromatic heterocycles. The van der Waals surface area contributed by atoms with Crippen LogP contribution in [0.3, 0.4) is 0 Å². The molecule has 0 spiro atoms. The van der Waals surface area contributed by atoms with Crippen molar-refractivity contribution in [3.05, 3.63) is 0 Å². The zero-order chi connectivity index (χ0) is 9.97. The molecule has 2 aliphatic heterocycles. The predicted octanol–water partition coefficient (Wildman–Crippen LogP) is 1.72. The van der Waals surface area contributed by atoms with Gasteiger partial charge in [0.1, 0.15) is 0 Å². The molecule has 2 heterocycles. The molecule has 0 aliphatic carbocycles. The van der Waals surface area contributed by atoms with Gasteiger partial charge in [-0.1, -0.05) is 13.8 Å². The normalized spacial score (nSPS) is 37.3. The summed E-state index contributed by atoms with van der Waals surface area (Å²) in [6, 6.07) is 0.816. The smallest absolute Gasteiger partial charge is 0.0246 e. The van der Waals surface area contributed by atoms with E-state index in [0.717, 1.165) is 17.9 Å². The van der Waals surface area contributed by atoms with Crippen molar-refractivity contribution in [2.45, 2.75) is 39.2 Å². The van der Waals surface area contributed by atoms with Gasteiger partial charge in [-0.25, -0.2) is 0 Å². The first kappa shape index (κ1) is 10.4. The number of likely N-dealkylation sites (tertiary alicyclic amines) is 1. The fraction of sp³-hybridized carbons (Fsp3) is 1.00. The summed E-state index contributed by atoms with van der Waals surface area (Å²) in [6.45, 7) is 9.91. The summed E-state index contributed by atoms with van der Waals surface area (Å²) in [7, 11) is 0. The molecule has 0 bridgehead atoms. The number of nitrogens with zero attached hydrogens (tertiary/aromatic N) is 1. The minimum absolute atomic E-state index is 0.816. The lowest BCUT2D eigenvalue weighted by Gasteiger charge is -2.42. The predicted molar refractivity (Wildman–Crippen MR) is 60.4 cm³/mol. The first-order valence-electron chi connectivity index (χ1n) is 6.22. The van der Waals surface area contributed by atoms with Gasteiger partial charge in [0.25, 0.3) is 0 Å². The van der Waals surface area contributed by atoms with E-state index in [4.69, 9.17) is 0 Å². The van der Waals surface area contributed by atoms with Crippen LogP contribution < -0.4 is 5.32 Å². The van der Waals surface area contributed by atoms with E-state index in [-0.39, 0.29) is 0 Å². The average molecular weight is 196 g/mol. The van der Waals surface area contributed by atoms with Gasteiger partial charge in [0, 0.05) is 12.6 Å². The van der Waals surface area contributed by atoms with Crippen LogP contribution in [0.4, 0.5) is 0 Å². The average Bonchev–Trinajstić information content (AvgIpc) is 2.20. The number of nitrogens with one attached hydrogen (secondary N) is 1. The van der Waals surface area contributed by atoms with E-state index >= 15 is 0 Å². The van der Waals surface area contributed by atoms with Gasteiger partial charge < -0.3 is 5.32 Å². The second-order valence-corrected chi connectivity index (χ2v) is 5.26. The minimum Gasteiger partial charge on any atom is -0.315 e. The Kier molecular flexibility index (Phi) is 3.45. The molecule has 0 saturated carbocycles. The highest BCUT2D eigenvalue weighted by molar-refractivity contribution is 4.85. The maximum absolute atomic E-state index is 3.53. The van der Waals surface area contributed by atoms with Gasteiger partial charge in [0.2, 0.25) is 0 Å². The van der Waals surface area contributed by atoms with E-state index in [9.17, 15) is 0 Å². The summed E-state index contributed by atoms with van der Waals surface area (Å²) in [6.07, 6.45) is 4.17. The SMILES string of the molecule is CC1CCN(C2CNCCC2C)CC1. The Morgan fingerprint density at radius 2 is 1.79 bits per heavy atom. The summed E-state index contributed by atoms with van der Waals surface area (Å²) < 4.78 is 0. The van der Waals surface area contributed by atoms with Crippen molar-refractivity contribution in [2.75, 3.05) is 26.2 Å². The minimum atomic E-state index is 0.816. The van der Waals surface area contributed by atoms with E-state index in [1.807, 2.05) is 0 Å². The highest BCUT2D eigenvalue weighted by atomic mass is 15.2. The third kappa shape index (κ3) is 2.29. The summed E-state index contributed by atoms with van der Waals surface area (Å²) in [4.78, 5) is 2.72. The van der Waals surface area contributed by atoms with E-state index < -0.39 is 0 Å². The van der Waals surface area contributed by atoms with Crippen LogP contribution in [0.25, 0.3) is 0 Å². The molecule has 1 N–H and O–H groups in total. The molecule has 2 aliphatic rings. The molecule has 14 heavy (non-hydrogen) atoms. The highest BCUT2D eigenvalue weighted by Crippen LogP contribution is 2.23. The van der Waals surface area contributed by atoms with Crippen LogP contribution in [0.1, 0.15) is 33.1 Å². The van der Waals surface area contributed by atoms with Gasteiger partial charge in [-0.2, -0.15) is 0 Å². The third-order valence-corrected chi connectivity index (χ3v) is 4.07. The van der Waals surface area contributed by atoms with Crippen molar-refractivity contribution in [3.63, 3.8) is 0 Å². The molecule has 2 atom stereocenters. The van der Waals surface area contributed by atoms with E-state index in [1.54, 1.807) is 0 Å². The molecule has 0 aromatic carbocycles. The molecule has 0 amide bonds. The third-order valence-electron chi connectivity index (χ3n) is 4.07. The number of piperidine rings is 2. The van der Waals surface area contributed by atoms with E-state index in [1.165, 1.54) is 45.4 Å². The zero-order valence-electron chi connectivity index (χ0n) is 9.63. The van der Waals surface area contributed by atoms with Gasteiger partial charge >= 0.3 is 0 Å². The standard InChI is InChI=1S/C12H24N2/c1-10-4-7-14(8-5-10)12-9-13-6-3-11(12)2/h10-13H,3-9H2,1-2H3. The van der Waals surface area contributed by atoms with E-state index in [2.05, 4.69) is 24.1 Å². The molecular formula is C12H24N2. The second kappa shape index (κ2) is 4.63. The van der Waals surface area contributed by atoms with Gasteiger partial charge in [-0.15, -0.1) is 0 Å². The lowest BCUT2D eigenvalue weighted by molar-refractivity contribution is 0.0862. The quantitative estimate of drug-likeness (QED) is 0.687. The lowest BCUT2D eigenvalue weighted by Crippen LogP contribution is -2.52. The Morgan fingerprint density at radius 3 is 2.43 bits per heavy atom. The molecule has 2 fully saturated rings. The molecule has 0 radical (unpaired) electrons. The maximum Gasteiger partial charge on any atom is 0.0246 e. The molecule has 2 nitrogen and oxygen atoms in total. The zero-order valence-corrected chi connectivity index (χ0v) is 9.63. The van der Waals surface area contributed by atoms with Crippen molar-refractivity contribution in [1.82, 2.24) is 10.2 Å². The number of hydrogen-bond donors (Lipinski definition) is 1. The van der Waals surface area contributed by atoms with Crippen LogP contribution >= 0.6 is 0 Å². The largest absolute Gasteiger partial charge is 0.315 e. The molecule has 2 saturated heterocycles. The van der Waals surface area contributed by atoms with Gasteiger partial charge in [0.05, 0.1) is 0 Å². The van der Waals surface area contributed by atoms with Crippen molar-refractivity contribution in [1.29, 1.82) is 0 Å². The summed E-state index contributed by atoms with van der Waals surface area (Å²) in [5, 5.41) is 3.53. The van der Waals surface area contributed by atoms with Gasteiger partial charge in [0.15, 0.2) is 0 Å². The van der Waals surface area contributed by atoms with Crippen LogP contribution in [0, 0.1) is 11.8 Å². The maximum atomic E-state index is 3.53. The number of hydrogen-bond acceptors (Lipinski definition) is 2. The fourth-order valence-corrected chi connectivity index (χ4v) is 2.82. The van der Waals surface area contributed by atoms with Crippen LogP contribution in [0.5, 0.6) is 0 Å². The Hall–Kier alpha value is -0.0800. The molecular weight excluding hydrogens is 172 g/mol. The van der Waals surface area contributed by atoms with Crippen LogP contribution in [0.15, 0.2) is 0 Å². The Bertz CT molecular complexity index is 173. The first-order valence-corrected chi connectivity index (χ1v) is 6.22. The Balaban J connectivity index is 1.87. The van der Waals surface area contributed by atoms with Gasteiger partial charge in [-0.05, 0) is 50.7 Å². The first-order chi connectivity index (χ1) is 6.77. The van der Waals surface area contributed by atoms with E-state index in [0.29, 0.717) is 0 Å². The van der Waals surface area contributed by atoms with Crippen molar-refractivity contribution in [2.24, 2.45) is 11.8 Å². The molecule has 82 valence electrons. The topological polar surface area (TPSA) is 15.3 Å². The van der Waals surface area contributed by atoms with Gasteiger partial charge in [-0.3, -0.25) is 4.90 Å². The molecule has 2 unspecified atom stereocenters. The Labute approximate surface area is 88.1 Å². The van der Waals surface area contributed by atoms with Crippen LogP contribution in [-0.4, -0.2) is 37.1 Å². The monoisotopic (exact) mass is 196 g/mol. The molecule has 2 rings (SSSR count). The highest BCUT2D eigenvalue weighted by Gasteiger charge is 2.28. The molecule has 2 heteroatoms. The lowest BCUT2D eigenvalue weighted by atomic mass is 9.90. The summed E-state index contributed by atoms with van der Waals surface area (Å²) in [5.41, 5.74) is 0. The van der Waals surface area contributed by atoms with Crippen LogP contribution in [-0.2, 0) is 0 Å². The second-order valence-electron chi connectivity index (χ2n) is 5.26. The van der Waals surface area contributed by atoms with Crippen molar-refractivity contribution in [3.8, 4) is 0 Å². The number of rotatable bonds is 1. The van der Waals surface area contributed by atoms with Crippen molar-refractivity contribution < 1.29 is 0 Å². The summed E-state index contributed by atoms with van der Waals surface area (Å²) in [5.74, 6) is 1.85. The fourth-order valence-electron chi connectivity index (χ4n) is 2.82. The molecule has 0 aromatic rings. The summed E-state index contributed by atoms with van der Waals surface area (Å²) >= 11 is 0. The Morgan fingerprint density at radius 1 is 1.07 bits per heavy atom. The van der Waals surface area contributed by atoms with Crippen molar-refractivity contribution >= 4 is 0 Å².